The van der Waals surface area contributed by atoms with E-state index in [1.54, 1.807) is 10.6 Å². The second kappa shape index (κ2) is 12.6. The van der Waals surface area contributed by atoms with E-state index >= 15 is 0 Å². The van der Waals surface area contributed by atoms with Gasteiger partial charge in [0.1, 0.15) is 0 Å². The molecule has 1 unspecified atom stereocenters. The Labute approximate surface area is 235 Å². The number of aromatic nitrogens is 1. The molecule has 7 nitrogen and oxygen atoms in total. The molecule has 2 N–H and O–H groups in total. The first-order valence-corrected chi connectivity index (χ1v) is 14.2. The first-order chi connectivity index (χ1) is 19.5. The Hall–Kier alpha value is -3.78. The number of benzene rings is 3. The number of nitrogens with one attached hydrogen (secondary N) is 1. The third-order valence-corrected chi connectivity index (χ3v) is 7.71. The van der Waals surface area contributed by atoms with Crippen molar-refractivity contribution in [2.75, 3.05) is 32.7 Å². The molecule has 1 amide bonds. The van der Waals surface area contributed by atoms with Crippen molar-refractivity contribution < 1.29 is 9.90 Å². The van der Waals surface area contributed by atoms with Crippen molar-refractivity contribution >= 4 is 16.7 Å². The summed E-state index contributed by atoms with van der Waals surface area (Å²) < 4.78 is 1.73. The Bertz CT molecular complexity index is 1490. The number of pyridine rings is 1. The quantitative estimate of drug-likeness (QED) is 0.331. The van der Waals surface area contributed by atoms with Crippen LogP contribution < -0.4 is 10.9 Å². The van der Waals surface area contributed by atoms with Gasteiger partial charge in [-0.3, -0.25) is 24.0 Å². The summed E-state index contributed by atoms with van der Waals surface area (Å²) in [6, 6.07) is 26.9. The number of amides is 1. The summed E-state index contributed by atoms with van der Waals surface area (Å²) in [5.41, 5.74) is 2.90. The summed E-state index contributed by atoms with van der Waals surface area (Å²) in [5, 5.41) is 14.3. The SMILES string of the molecule is CC[C@H](NC(=O)c1c(CN2CCN(CC(C)O)CC2)n(-c2ccccc2)c(=O)c2ccccc12)c1ccccc1. The van der Waals surface area contributed by atoms with Gasteiger partial charge in [0.05, 0.1) is 23.4 Å². The lowest BCUT2D eigenvalue weighted by Gasteiger charge is -2.36. The van der Waals surface area contributed by atoms with E-state index in [0.717, 1.165) is 43.9 Å². The van der Waals surface area contributed by atoms with Gasteiger partial charge in [-0.05, 0) is 37.1 Å². The first-order valence-electron chi connectivity index (χ1n) is 14.2. The van der Waals surface area contributed by atoms with E-state index in [-0.39, 0.29) is 23.6 Å². The predicted molar refractivity (Wildman–Crippen MR) is 160 cm³/mol. The van der Waals surface area contributed by atoms with Gasteiger partial charge in [0.15, 0.2) is 0 Å². The van der Waals surface area contributed by atoms with E-state index in [4.69, 9.17) is 0 Å². The van der Waals surface area contributed by atoms with Gasteiger partial charge in [-0.25, -0.2) is 0 Å². The fourth-order valence-corrected chi connectivity index (χ4v) is 5.70. The van der Waals surface area contributed by atoms with E-state index in [1.807, 2.05) is 85.8 Å². The molecular formula is C33H38N4O3. The number of piperazine rings is 1. The Kier molecular flexibility index (Phi) is 8.75. The monoisotopic (exact) mass is 538 g/mol. The number of carbonyl (C=O) groups is 1. The van der Waals surface area contributed by atoms with Crippen LogP contribution in [0.5, 0.6) is 0 Å². The van der Waals surface area contributed by atoms with Crippen LogP contribution in [0.2, 0.25) is 0 Å². The molecule has 1 fully saturated rings. The highest BCUT2D eigenvalue weighted by atomic mass is 16.3. The molecule has 1 aliphatic heterocycles. The van der Waals surface area contributed by atoms with Crippen molar-refractivity contribution in [2.24, 2.45) is 0 Å². The lowest BCUT2D eigenvalue weighted by Crippen LogP contribution is -2.48. The third kappa shape index (κ3) is 6.02. The van der Waals surface area contributed by atoms with Gasteiger partial charge in [0.25, 0.3) is 11.5 Å². The summed E-state index contributed by atoms with van der Waals surface area (Å²) in [7, 11) is 0. The molecule has 40 heavy (non-hydrogen) atoms. The van der Waals surface area contributed by atoms with Gasteiger partial charge >= 0.3 is 0 Å². The average Bonchev–Trinajstić information content (AvgIpc) is 2.98. The van der Waals surface area contributed by atoms with Crippen LogP contribution in [0.1, 0.15) is 47.9 Å². The number of hydrogen-bond acceptors (Lipinski definition) is 5. The molecule has 0 bridgehead atoms. The fourth-order valence-electron chi connectivity index (χ4n) is 5.70. The zero-order valence-electron chi connectivity index (χ0n) is 23.3. The molecule has 3 aromatic carbocycles. The molecule has 208 valence electrons. The topological polar surface area (TPSA) is 77.8 Å². The Morgan fingerprint density at radius 2 is 1.43 bits per heavy atom. The largest absolute Gasteiger partial charge is 0.392 e. The van der Waals surface area contributed by atoms with Crippen LogP contribution in [-0.2, 0) is 6.54 Å². The van der Waals surface area contributed by atoms with Gasteiger partial charge < -0.3 is 10.4 Å². The molecule has 0 radical (unpaired) electrons. The molecule has 2 heterocycles. The minimum atomic E-state index is -0.373. The zero-order chi connectivity index (χ0) is 28.1. The van der Waals surface area contributed by atoms with Gasteiger partial charge in [-0.2, -0.15) is 0 Å². The van der Waals surface area contributed by atoms with Gasteiger partial charge in [0, 0.05) is 55.7 Å². The number of β-amino-alcohol motifs (C(OH)–C–C–N with tert-alkyl or cyclic N) is 1. The Morgan fingerprint density at radius 3 is 2.05 bits per heavy atom. The molecule has 1 aromatic heterocycles. The summed E-state index contributed by atoms with van der Waals surface area (Å²) in [5.74, 6) is -0.181. The second-order valence-electron chi connectivity index (χ2n) is 10.6. The Balaban J connectivity index is 1.61. The molecule has 1 saturated heterocycles. The number of carbonyl (C=O) groups excluding carboxylic acids is 1. The van der Waals surface area contributed by atoms with Crippen molar-refractivity contribution in [2.45, 2.75) is 39.0 Å². The van der Waals surface area contributed by atoms with Crippen LogP contribution in [0.3, 0.4) is 0 Å². The van der Waals surface area contributed by atoms with Crippen LogP contribution in [0, 0.1) is 0 Å². The summed E-state index contributed by atoms with van der Waals surface area (Å²) in [6.07, 6.45) is 0.369. The van der Waals surface area contributed by atoms with Crippen molar-refractivity contribution in [3.05, 3.63) is 112 Å². The molecule has 0 saturated carbocycles. The number of fused-ring (bicyclic) bond motifs is 1. The minimum Gasteiger partial charge on any atom is -0.392 e. The minimum absolute atomic E-state index is 0.129. The van der Waals surface area contributed by atoms with Crippen LogP contribution in [0.15, 0.2) is 89.7 Å². The highest BCUT2D eigenvalue weighted by Crippen LogP contribution is 2.26. The maximum atomic E-state index is 14.3. The molecule has 7 heteroatoms. The van der Waals surface area contributed by atoms with Gasteiger partial charge in [0.2, 0.25) is 0 Å². The van der Waals surface area contributed by atoms with Crippen LogP contribution in [-0.4, -0.2) is 64.2 Å². The normalized spacial score (nSPS) is 16.1. The van der Waals surface area contributed by atoms with Crippen LogP contribution >= 0.6 is 0 Å². The van der Waals surface area contributed by atoms with Crippen molar-refractivity contribution in [3.8, 4) is 5.69 Å². The molecule has 5 rings (SSSR count). The van der Waals surface area contributed by atoms with Crippen molar-refractivity contribution in [3.63, 3.8) is 0 Å². The standard InChI is InChI=1S/C33H38N4O3/c1-3-29(25-12-6-4-7-13-25)34-32(39)31-27-16-10-11-17-28(27)33(40)37(26-14-8-5-9-15-26)30(31)23-36-20-18-35(19-21-36)22-24(2)38/h4-17,24,29,38H,3,18-23H2,1-2H3,(H,34,39)/t24?,29-/m0/s1. The van der Waals surface area contributed by atoms with Crippen LogP contribution in [0.4, 0.5) is 0 Å². The van der Waals surface area contributed by atoms with E-state index < -0.39 is 0 Å². The lowest BCUT2D eigenvalue weighted by atomic mass is 9.99. The smallest absolute Gasteiger partial charge is 0.263 e. The Morgan fingerprint density at radius 1 is 0.850 bits per heavy atom. The molecule has 2 atom stereocenters. The number of aliphatic hydroxyl groups excluding tert-OH is 1. The highest BCUT2D eigenvalue weighted by molar-refractivity contribution is 6.08. The number of hydrogen-bond donors (Lipinski definition) is 2. The second-order valence-corrected chi connectivity index (χ2v) is 10.6. The van der Waals surface area contributed by atoms with Crippen molar-refractivity contribution in [1.82, 2.24) is 19.7 Å². The summed E-state index contributed by atoms with van der Waals surface area (Å²) in [4.78, 5) is 32.8. The van der Waals surface area contributed by atoms with E-state index in [1.165, 1.54) is 0 Å². The molecule has 4 aromatic rings. The fraction of sp³-hybridized carbons (Fsp3) is 0.333. The van der Waals surface area contributed by atoms with E-state index in [9.17, 15) is 14.7 Å². The van der Waals surface area contributed by atoms with Crippen LogP contribution in [0.25, 0.3) is 16.5 Å². The highest BCUT2D eigenvalue weighted by Gasteiger charge is 2.27. The zero-order valence-corrected chi connectivity index (χ0v) is 23.3. The summed E-state index contributed by atoms with van der Waals surface area (Å²) >= 11 is 0. The number of para-hydroxylation sites is 1. The first kappa shape index (κ1) is 27.8. The van der Waals surface area contributed by atoms with E-state index in [0.29, 0.717) is 35.1 Å². The number of aliphatic hydroxyl groups is 1. The molecule has 1 aliphatic rings. The lowest BCUT2D eigenvalue weighted by molar-refractivity contribution is 0.0768. The van der Waals surface area contributed by atoms with Gasteiger partial charge in [-0.1, -0.05) is 73.7 Å². The predicted octanol–water partition coefficient (Wildman–Crippen LogP) is 4.37. The summed E-state index contributed by atoms with van der Waals surface area (Å²) in [6.45, 7) is 8.18. The maximum absolute atomic E-state index is 14.3. The number of rotatable bonds is 9. The molecule has 0 spiro atoms. The maximum Gasteiger partial charge on any atom is 0.263 e. The molecular weight excluding hydrogens is 500 g/mol. The number of nitrogens with zero attached hydrogens (tertiary/aromatic N) is 3. The van der Waals surface area contributed by atoms with Gasteiger partial charge in [-0.15, -0.1) is 0 Å². The van der Waals surface area contributed by atoms with Crippen molar-refractivity contribution in [1.29, 1.82) is 0 Å². The van der Waals surface area contributed by atoms with E-state index in [2.05, 4.69) is 22.0 Å². The molecule has 0 aliphatic carbocycles. The average molecular weight is 539 g/mol. The third-order valence-electron chi connectivity index (χ3n) is 7.71.